The molecule has 0 spiro atoms. The lowest BCUT2D eigenvalue weighted by atomic mass is 10.0. The lowest BCUT2D eigenvalue weighted by Gasteiger charge is -2.23. The molecule has 1 saturated heterocycles. The van der Waals surface area contributed by atoms with Gasteiger partial charge in [-0.3, -0.25) is 14.2 Å². The highest BCUT2D eigenvalue weighted by atomic mass is 33.1. The van der Waals surface area contributed by atoms with E-state index in [4.69, 9.17) is 9.47 Å². The third-order valence-corrected chi connectivity index (χ3v) is 9.18. The molecule has 216 valence electrons. The molecule has 1 aromatic carbocycles. The molecule has 1 amide bonds. The van der Waals surface area contributed by atoms with Crippen LogP contribution >= 0.6 is 21.6 Å². The van der Waals surface area contributed by atoms with E-state index >= 15 is 0 Å². The van der Waals surface area contributed by atoms with Crippen LogP contribution < -0.4 is 5.32 Å². The number of amides is 1. The zero-order chi connectivity index (χ0) is 28.9. The second kappa shape index (κ2) is 12.9. The molecule has 2 N–H and O–H groups in total. The quantitative estimate of drug-likeness (QED) is 0.171. The van der Waals surface area contributed by atoms with Gasteiger partial charge < -0.3 is 19.9 Å². The van der Waals surface area contributed by atoms with Crippen LogP contribution in [0.2, 0.25) is 0 Å². The highest BCUT2D eigenvalue weighted by molar-refractivity contribution is 8.77. The van der Waals surface area contributed by atoms with Crippen LogP contribution in [0.25, 0.3) is 11.2 Å². The number of anilines is 1. The summed E-state index contributed by atoms with van der Waals surface area (Å²) in [6.45, 7) is 3.24. The van der Waals surface area contributed by atoms with Crippen molar-refractivity contribution in [1.29, 1.82) is 0 Å². The van der Waals surface area contributed by atoms with Crippen LogP contribution in [0.4, 0.5) is 19.0 Å². The van der Waals surface area contributed by atoms with Gasteiger partial charge in [-0.2, -0.15) is 13.2 Å². The Hall–Kier alpha value is -2.72. The molecule has 0 radical (unpaired) electrons. The minimum Gasteiger partial charge on any atom is -0.394 e. The number of hydrogen-bond donors (Lipinski definition) is 2. The Morgan fingerprint density at radius 2 is 1.95 bits per heavy atom. The summed E-state index contributed by atoms with van der Waals surface area (Å²) in [7, 11) is 2.64. The maximum atomic E-state index is 12.6. The smallest absolute Gasteiger partial charge is 0.394 e. The van der Waals surface area contributed by atoms with Crippen molar-refractivity contribution in [3.63, 3.8) is 0 Å². The van der Waals surface area contributed by atoms with E-state index in [1.165, 1.54) is 34.2 Å². The number of halogens is 3. The Labute approximate surface area is 235 Å². The van der Waals surface area contributed by atoms with Crippen molar-refractivity contribution in [1.82, 2.24) is 19.5 Å². The number of ether oxygens (including phenoxy) is 2. The van der Waals surface area contributed by atoms with Gasteiger partial charge in [-0.25, -0.2) is 15.0 Å². The number of carbonyl (C=O) groups excluding carboxylic acids is 2. The van der Waals surface area contributed by atoms with E-state index in [1.54, 1.807) is 42.7 Å². The van der Waals surface area contributed by atoms with E-state index in [0.717, 1.165) is 0 Å². The predicted molar refractivity (Wildman–Crippen MR) is 145 cm³/mol. The topological polar surface area (TPSA) is 128 Å². The van der Waals surface area contributed by atoms with Gasteiger partial charge in [0, 0.05) is 23.2 Å². The minimum atomic E-state index is -4.82. The third kappa shape index (κ3) is 7.51. The summed E-state index contributed by atoms with van der Waals surface area (Å²) in [5.74, 6) is -1.63. The molecule has 40 heavy (non-hydrogen) atoms. The summed E-state index contributed by atoms with van der Waals surface area (Å²) < 4.78 is 50.5. The fraction of sp³-hybridized carbons (Fsp3) is 0.480. The number of nitrogens with zero attached hydrogens (tertiary/aromatic N) is 4. The van der Waals surface area contributed by atoms with Crippen LogP contribution in [0, 0.1) is 0 Å². The lowest BCUT2D eigenvalue weighted by Crippen LogP contribution is -2.28. The van der Waals surface area contributed by atoms with E-state index in [9.17, 15) is 27.9 Å². The molecule has 2 aromatic heterocycles. The normalized spacial score (nSPS) is 19.7. The summed E-state index contributed by atoms with van der Waals surface area (Å²) >= 11 is 0. The molecule has 15 heteroatoms. The molecule has 1 aliphatic heterocycles. The van der Waals surface area contributed by atoms with Gasteiger partial charge in [-0.05, 0) is 32.4 Å². The molecule has 1 unspecified atom stereocenters. The van der Waals surface area contributed by atoms with Crippen LogP contribution in [-0.2, 0) is 14.3 Å². The number of aliphatic hydroxyl groups is 1. The standard InChI is InChI=1S/C25H28F3N5O5S2/c1-24(2,9-8-18(35)25(26,27)28)40-39-14-37-16-10-19(38-17(16)11-34)33-13-31-20-21(29-12-30-22(20)33)32-23(36)15-6-4-3-5-7-15/h3-7,12-13,16-17,19,34H,8-11,14H2,1-2H3,(H,29,30,32,36)/t16?,17-,19-/m1/s1. The number of hydrogen-bond acceptors (Lipinski definition) is 10. The van der Waals surface area contributed by atoms with Crippen molar-refractivity contribution in [2.45, 2.75) is 62.5 Å². The fourth-order valence-electron chi connectivity index (χ4n) is 4.03. The molecule has 1 fully saturated rings. The number of imidazole rings is 1. The van der Waals surface area contributed by atoms with Crippen LogP contribution in [0.3, 0.4) is 0 Å². The van der Waals surface area contributed by atoms with Crippen molar-refractivity contribution in [3.8, 4) is 0 Å². The summed E-state index contributed by atoms with van der Waals surface area (Å²) in [6.07, 6.45) is -3.75. The first-order valence-electron chi connectivity index (χ1n) is 12.3. The predicted octanol–water partition coefficient (Wildman–Crippen LogP) is 4.77. The van der Waals surface area contributed by atoms with E-state index in [2.05, 4.69) is 20.3 Å². The Balaban J connectivity index is 1.34. The van der Waals surface area contributed by atoms with Gasteiger partial charge in [0.25, 0.3) is 5.91 Å². The van der Waals surface area contributed by atoms with Crippen molar-refractivity contribution in [2.75, 3.05) is 17.9 Å². The number of alkyl halides is 3. The van der Waals surface area contributed by atoms with E-state index in [-0.39, 0.29) is 30.7 Å². The molecule has 0 aliphatic carbocycles. The van der Waals surface area contributed by atoms with Crippen molar-refractivity contribution < 1.29 is 37.3 Å². The molecular weight excluding hydrogens is 571 g/mol. The maximum absolute atomic E-state index is 12.6. The molecule has 3 heterocycles. The Bertz CT molecular complexity index is 1330. The Kier molecular flexibility index (Phi) is 9.72. The number of aliphatic hydroxyl groups excluding tert-OH is 1. The molecular formula is C25H28F3N5O5S2. The van der Waals surface area contributed by atoms with Gasteiger partial charge in [0.15, 0.2) is 17.0 Å². The first kappa shape index (κ1) is 30.2. The molecule has 0 bridgehead atoms. The van der Waals surface area contributed by atoms with Crippen molar-refractivity contribution >= 4 is 50.3 Å². The second-order valence-corrected chi connectivity index (χ2v) is 12.6. The summed E-state index contributed by atoms with van der Waals surface area (Å²) in [5.41, 5.74) is 1.27. The second-order valence-electron chi connectivity index (χ2n) is 9.62. The van der Waals surface area contributed by atoms with E-state index in [1.807, 2.05) is 6.07 Å². The number of nitrogens with one attached hydrogen (secondary N) is 1. The largest absolute Gasteiger partial charge is 0.449 e. The van der Waals surface area contributed by atoms with Gasteiger partial charge in [0.2, 0.25) is 5.78 Å². The number of carbonyl (C=O) groups is 2. The van der Waals surface area contributed by atoms with E-state index < -0.39 is 41.6 Å². The number of aromatic nitrogens is 4. The monoisotopic (exact) mass is 599 g/mol. The van der Waals surface area contributed by atoms with Crippen molar-refractivity contribution in [3.05, 3.63) is 48.5 Å². The lowest BCUT2D eigenvalue weighted by molar-refractivity contribution is -0.171. The molecule has 3 aromatic rings. The van der Waals surface area contributed by atoms with Crippen LogP contribution in [0.1, 0.15) is 49.7 Å². The molecule has 1 aliphatic rings. The Morgan fingerprint density at radius 1 is 1.20 bits per heavy atom. The number of benzene rings is 1. The molecule has 4 rings (SSSR count). The fourth-order valence-corrected chi connectivity index (χ4v) is 6.33. The van der Waals surface area contributed by atoms with Crippen LogP contribution in [0.5, 0.6) is 0 Å². The van der Waals surface area contributed by atoms with Gasteiger partial charge >= 0.3 is 6.18 Å². The van der Waals surface area contributed by atoms with Gasteiger partial charge in [-0.15, -0.1) is 0 Å². The van der Waals surface area contributed by atoms with Crippen molar-refractivity contribution in [2.24, 2.45) is 0 Å². The molecule has 0 saturated carbocycles. The van der Waals surface area contributed by atoms with Gasteiger partial charge in [-0.1, -0.05) is 39.8 Å². The first-order valence-corrected chi connectivity index (χ1v) is 14.6. The Morgan fingerprint density at radius 3 is 2.65 bits per heavy atom. The van der Waals surface area contributed by atoms with Gasteiger partial charge in [0.05, 0.1) is 19.0 Å². The average molecular weight is 600 g/mol. The molecule has 3 atom stereocenters. The first-order chi connectivity index (χ1) is 19.0. The number of Topliss-reactive ketones (excluding diaryl/α,β-unsaturated/α-hetero) is 1. The number of rotatable bonds is 12. The zero-order valence-electron chi connectivity index (χ0n) is 21.6. The summed E-state index contributed by atoms with van der Waals surface area (Å²) in [5, 5.41) is 12.6. The molecule has 10 nitrogen and oxygen atoms in total. The zero-order valence-corrected chi connectivity index (χ0v) is 23.3. The number of fused-ring (bicyclic) bond motifs is 1. The average Bonchev–Trinajstić information content (AvgIpc) is 3.54. The summed E-state index contributed by atoms with van der Waals surface area (Å²) in [6, 6.07) is 8.68. The number of ketones is 1. The maximum Gasteiger partial charge on any atom is 0.449 e. The van der Waals surface area contributed by atoms with Gasteiger partial charge in [0.1, 0.15) is 24.6 Å². The van der Waals surface area contributed by atoms with E-state index in [0.29, 0.717) is 23.1 Å². The van der Waals surface area contributed by atoms with Crippen LogP contribution in [-0.4, -0.2) is 72.0 Å². The third-order valence-electron chi connectivity index (χ3n) is 6.18. The highest BCUT2D eigenvalue weighted by Crippen LogP contribution is 2.41. The minimum absolute atomic E-state index is 0.0697. The highest BCUT2D eigenvalue weighted by Gasteiger charge is 2.39. The summed E-state index contributed by atoms with van der Waals surface area (Å²) in [4.78, 5) is 36.6. The van der Waals surface area contributed by atoms with Crippen LogP contribution in [0.15, 0.2) is 43.0 Å². The SMILES string of the molecule is CC(C)(CCC(=O)C(F)(F)F)SSCOC1C[C@H](n2cnc3c(NC(=O)c4ccccc4)ncnc32)O[C@@H]1CO.